The van der Waals surface area contributed by atoms with Gasteiger partial charge in [0.15, 0.2) is 0 Å². The fourth-order valence-corrected chi connectivity index (χ4v) is 1.88. The summed E-state index contributed by atoms with van der Waals surface area (Å²) in [4.78, 5) is 8.33. The maximum Gasteiger partial charge on any atom is 0.136 e. The Bertz CT molecular complexity index is 700. The third-order valence-corrected chi connectivity index (χ3v) is 2.63. The van der Waals surface area contributed by atoms with Crippen LogP contribution in [0.25, 0.3) is 16.8 Å². The van der Waals surface area contributed by atoms with E-state index in [0.29, 0.717) is 0 Å². The summed E-state index contributed by atoms with van der Waals surface area (Å²) in [6, 6.07) is 5.61. The molecule has 20 heavy (non-hydrogen) atoms. The van der Waals surface area contributed by atoms with Crippen molar-refractivity contribution in [2.75, 3.05) is 0 Å². The molecule has 0 aliphatic heterocycles. The zero-order valence-corrected chi connectivity index (χ0v) is 13.0. The van der Waals surface area contributed by atoms with Gasteiger partial charge in [0.25, 0.3) is 0 Å². The number of hydrogen-bond donors (Lipinski definition) is 1. The zero-order valence-electron chi connectivity index (χ0n) is 10.6. The van der Waals surface area contributed by atoms with E-state index in [-0.39, 0.29) is 43.0 Å². The van der Waals surface area contributed by atoms with Crippen LogP contribution >= 0.6 is 37.2 Å². The third kappa shape index (κ3) is 3.54. The molecule has 0 aliphatic rings. The molecule has 0 spiro atoms. The molecule has 0 aliphatic carbocycles. The van der Waals surface area contributed by atoms with Crippen LogP contribution in [0.4, 0.5) is 0 Å². The lowest BCUT2D eigenvalue weighted by atomic mass is 10.1. The lowest BCUT2D eigenvalue weighted by Gasteiger charge is -2.02. The van der Waals surface area contributed by atoms with Gasteiger partial charge in [-0.05, 0) is 25.1 Å². The molecule has 3 rings (SSSR count). The van der Waals surface area contributed by atoms with E-state index in [0.717, 1.165) is 22.5 Å². The highest BCUT2D eigenvalue weighted by atomic mass is 35.5. The van der Waals surface area contributed by atoms with E-state index in [1.54, 1.807) is 12.3 Å². The Balaban J connectivity index is 0.00000120. The van der Waals surface area contributed by atoms with E-state index in [9.17, 15) is 5.11 Å². The summed E-state index contributed by atoms with van der Waals surface area (Å²) < 4.78 is 1.97. The number of aryl methyl sites for hydroxylation is 1. The van der Waals surface area contributed by atoms with Gasteiger partial charge in [-0.2, -0.15) is 0 Å². The minimum absolute atomic E-state index is 0. The van der Waals surface area contributed by atoms with Crippen molar-refractivity contribution in [2.24, 2.45) is 0 Å². The molecule has 3 aromatic heterocycles. The van der Waals surface area contributed by atoms with Crippen molar-refractivity contribution in [3.8, 4) is 16.9 Å². The van der Waals surface area contributed by atoms with Gasteiger partial charge in [-0.25, -0.2) is 4.98 Å². The number of aromatic hydroxyl groups is 1. The van der Waals surface area contributed by atoms with Crippen molar-refractivity contribution >= 4 is 42.9 Å². The van der Waals surface area contributed by atoms with Crippen LogP contribution in [0, 0.1) is 6.92 Å². The van der Waals surface area contributed by atoms with Gasteiger partial charge < -0.3 is 9.51 Å². The second-order valence-electron chi connectivity index (χ2n) is 4.00. The average molecular weight is 335 g/mol. The van der Waals surface area contributed by atoms with Gasteiger partial charge in [0, 0.05) is 29.7 Å². The van der Waals surface area contributed by atoms with E-state index in [1.807, 2.05) is 35.9 Å². The fourth-order valence-electron chi connectivity index (χ4n) is 1.88. The normalized spacial score (nSPS) is 9.25. The van der Waals surface area contributed by atoms with Crippen molar-refractivity contribution < 1.29 is 5.11 Å². The molecule has 0 unspecified atom stereocenters. The first-order chi connectivity index (χ1) is 8.22. The standard InChI is InChI=1S/C13H11N3O.3ClH/c1-9-7-16-8-10(2-3-13(16)15-9)11-4-12(17)6-14-5-11;;;/h2-8,17H,1H3;3*1H. The van der Waals surface area contributed by atoms with Crippen LogP contribution in [0.1, 0.15) is 5.69 Å². The maximum absolute atomic E-state index is 9.41. The molecule has 0 atom stereocenters. The van der Waals surface area contributed by atoms with Crippen molar-refractivity contribution in [1.82, 2.24) is 14.4 Å². The van der Waals surface area contributed by atoms with Crippen LogP contribution in [-0.4, -0.2) is 19.5 Å². The summed E-state index contributed by atoms with van der Waals surface area (Å²) in [7, 11) is 0. The Kier molecular flexibility index (Phi) is 6.79. The molecule has 0 saturated carbocycles. The molecule has 1 N–H and O–H groups in total. The topological polar surface area (TPSA) is 50.4 Å². The molecule has 108 valence electrons. The van der Waals surface area contributed by atoms with Crippen LogP contribution in [-0.2, 0) is 0 Å². The molecule has 0 fully saturated rings. The van der Waals surface area contributed by atoms with Crippen LogP contribution in [0.15, 0.2) is 43.0 Å². The van der Waals surface area contributed by atoms with Gasteiger partial charge in [0.2, 0.25) is 0 Å². The monoisotopic (exact) mass is 333 g/mol. The van der Waals surface area contributed by atoms with E-state index in [2.05, 4.69) is 9.97 Å². The van der Waals surface area contributed by atoms with Crippen LogP contribution in [0.5, 0.6) is 5.75 Å². The number of halogens is 3. The molecule has 0 aromatic carbocycles. The predicted octanol–water partition coefficient (Wildman–Crippen LogP) is 3.68. The average Bonchev–Trinajstić information content (AvgIpc) is 2.68. The number of hydrogen-bond acceptors (Lipinski definition) is 3. The van der Waals surface area contributed by atoms with Crippen LogP contribution in [0.2, 0.25) is 0 Å². The molecular weight excluding hydrogens is 321 g/mol. The first-order valence-electron chi connectivity index (χ1n) is 5.32. The first-order valence-corrected chi connectivity index (χ1v) is 5.32. The lowest BCUT2D eigenvalue weighted by molar-refractivity contribution is 0.473. The Labute approximate surface area is 135 Å². The first kappa shape index (κ1) is 18.5. The van der Waals surface area contributed by atoms with Gasteiger partial charge in [-0.3, -0.25) is 4.98 Å². The largest absolute Gasteiger partial charge is 0.506 e. The summed E-state index contributed by atoms with van der Waals surface area (Å²) in [5.74, 6) is 0.171. The lowest BCUT2D eigenvalue weighted by Crippen LogP contribution is -1.86. The minimum atomic E-state index is 0. The molecular formula is C13H14Cl3N3O. The number of nitrogens with zero attached hydrogens (tertiary/aromatic N) is 3. The molecule has 0 radical (unpaired) electrons. The number of aromatic nitrogens is 3. The second-order valence-corrected chi connectivity index (χ2v) is 4.00. The van der Waals surface area contributed by atoms with Crippen molar-refractivity contribution in [3.05, 3.63) is 48.7 Å². The number of fused-ring (bicyclic) bond motifs is 1. The second kappa shape index (κ2) is 7.33. The third-order valence-electron chi connectivity index (χ3n) is 2.63. The summed E-state index contributed by atoms with van der Waals surface area (Å²) in [6.07, 6.45) is 7.09. The Morgan fingerprint density at radius 3 is 2.45 bits per heavy atom. The Hall–Kier alpha value is -1.49. The van der Waals surface area contributed by atoms with Crippen molar-refractivity contribution in [3.63, 3.8) is 0 Å². The number of pyridine rings is 2. The SMILES string of the molecule is Cc1cn2cc(-c3cncc(O)c3)ccc2n1.Cl.Cl.Cl. The molecule has 3 aromatic rings. The number of imidazole rings is 1. The van der Waals surface area contributed by atoms with Crippen LogP contribution < -0.4 is 0 Å². The Morgan fingerprint density at radius 1 is 1.00 bits per heavy atom. The summed E-state index contributed by atoms with van der Waals surface area (Å²) in [6.45, 7) is 1.96. The summed E-state index contributed by atoms with van der Waals surface area (Å²) in [5.41, 5.74) is 3.78. The summed E-state index contributed by atoms with van der Waals surface area (Å²) >= 11 is 0. The van der Waals surface area contributed by atoms with Gasteiger partial charge in [0.1, 0.15) is 11.4 Å². The summed E-state index contributed by atoms with van der Waals surface area (Å²) in [5, 5.41) is 9.41. The minimum Gasteiger partial charge on any atom is -0.506 e. The Morgan fingerprint density at radius 2 is 1.75 bits per heavy atom. The van der Waals surface area contributed by atoms with E-state index in [1.165, 1.54) is 6.20 Å². The molecule has 7 heteroatoms. The van der Waals surface area contributed by atoms with Gasteiger partial charge in [-0.15, -0.1) is 37.2 Å². The van der Waals surface area contributed by atoms with Crippen LogP contribution in [0.3, 0.4) is 0 Å². The fraction of sp³-hybridized carbons (Fsp3) is 0.0769. The smallest absolute Gasteiger partial charge is 0.136 e. The molecule has 3 heterocycles. The van der Waals surface area contributed by atoms with E-state index >= 15 is 0 Å². The highest BCUT2D eigenvalue weighted by Gasteiger charge is 2.02. The quantitative estimate of drug-likeness (QED) is 0.738. The molecule has 0 amide bonds. The molecule has 0 saturated heterocycles. The van der Waals surface area contributed by atoms with Gasteiger partial charge in [0.05, 0.1) is 11.9 Å². The van der Waals surface area contributed by atoms with Gasteiger partial charge in [-0.1, -0.05) is 0 Å². The molecule has 4 nitrogen and oxygen atoms in total. The van der Waals surface area contributed by atoms with Crippen molar-refractivity contribution in [1.29, 1.82) is 0 Å². The van der Waals surface area contributed by atoms with E-state index < -0.39 is 0 Å². The highest BCUT2D eigenvalue weighted by molar-refractivity contribution is 5.86. The predicted molar refractivity (Wildman–Crippen MR) is 86.6 cm³/mol. The molecule has 0 bridgehead atoms. The number of rotatable bonds is 1. The highest BCUT2D eigenvalue weighted by Crippen LogP contribution is 2.22. The zero-order chi connectivity index (χ0) is 11.8. The van der Waals surface area contributed by atoms with E-state index in [4.69, 9.17) is 0 Å². The van der Waals surface area contributed by atoms with Gasteiger partial charge >= 0.3 is 0 Å². The maximum atomic E-state index is 9.41. The van der Waals surface area contributed by atoms with Crippen molar-refractivity contribution in [2.45, 2.75) is 6.92 Å².